The summed E-state index contributed by atoms with van der Waals surface area (Å²) in [5.41, 5.74) is 6.61. The summed E-state index contributed by atoms with van der Waals surface area (Å²) >= 11 is 3.42. The topological polar surface area (TPSA) is 94.0 Å². The molecule has 0 heterocycles. The van der Waals surface area contributed by atoms with Crippen LogP contribution in [0.2, 0.25) is 0 Å². The highest BCUT2D eigenvalue weighted by molar-refractivity contribution is 9.10. The van der Waals surface area contributed by atoms with Gasteiger partial charge < -0.3 is 5.32 Å². The number of carbonyl (C=O) groups is 2. The standard InChI is InChI=1S/C18H17BrN4O2/c19-16-5-1-3-13(11-16)4-2-10-21-18(25)23-22-17(24)15-8-6-14(12-20)7-9-15/h1,3,5-9,11H,2,4,10H2,(H,22,24)(H2,21,23,25). The molecule has 7 heteroatoms. The summed E-state index contributed by atoms with van der Waals surface area (Å²) in [6.07, 6.45) is 1.63. The van der Waals surface area contributed by atoms with Crippen molar-refractivity contribution < 1.29 is 9.59 Å². The summed E-state index contributed by atoms with van der Waals surface area (Å²) in [5.74, 6) is -0.450. The number of hydrazine groups is 1. The van der Waals surface area contributed by atoms with Crippen LogP contribution >= 0.6 is 15.9 Å². The van der Waals surface area contributed by atoms with Crippen LogP contribution < -0.4 is 16.2 Å². The van der Waals surface area contributed by atoms with Gasteiger partial charge >= 0.3 is 6.03 Å². The van der Waals surface area contributed by atoms with Crippen LogP contribution in [0.25, 0.3) is 0 Å². The van der Waals surface area contributed by atoms with Gasteiger partial charge in [0.1, 0.15) is 0 Å². The fourth-order valence-electron chi connectivity index (χ4n) is 2.11. The van der Waals surface area contributed by atoms with Gasteiger partial charge in [-0.2, -0.15) is 5.26 Å². The van der Waals surface area contributed by atoms with E-state index in [9.17, 15) is 9.59 Å². The second-order valence-corrected chi connectivity index (χ2v) is 6.17. The van der Waals surface area contributed by atoms with Gasteiger partial charge in [0, 0.05) is 16.6 Å². The smallest absolute Gasteiger partial charge is 0.333 e. The predicted molar refractivity (Wildman–Crippen MR) is 97.6 cm³/mol. The summed E-state index contributed by atoms with van der Waals surface area (Å²) in [6, 6.07) is 15.6. The molecule has 0 saturated carbocycles. The molecule has 0 aliphatic rings. The number of urea groups is 1. The summed E-state index contributed by atoms with van der Waals surface area (Å²) in [7, 11) is 0. The Bertz CT molecular complexity index is 784. The zero-order chi connectivity index (χ0) is 18.1. The summed E-state index contributed by atoms with van der Waals surface area (Å²) in [4.78, 5) is 23.5. The Kier molecular flexibility index (Phi) is 6.99. The Balaban J connectivity index is 1.66. The molecule has 0 spiro atoms. The van der Waals surface area contributed by atoms with Crippen molar-refractivity contribution in [3.63, 3.8) is 0 Å². The molecule has 0 aliphatic heterocycles. The van der Waals surface area contributed by atoms with E-state index in [4.69, 9.17) is 5.26 Å². The number of aryl methyl sites for hydroxylation is 1. The molecule has 2 aromatic rings. The highest BCUT2D eigenvalue weighted by Gasteiger charge is 2.06. The van der Waals surface area contributed by atoms with Crippen LogP contribution in [0.1, 0.15) is 27.9 Å². The minimum atomic E-state index is -0.476. The molecule has 0 fully saturated rings. The lowest BCUT2D eigenvalue weighted by Gasteiger charge is -2.09. The third-order valence-corrected chi connectivity index (χ3v) is 3.88. The molecule has 0 aromatic heterocycles. The molecule has 0 bridgehead atoms. The SMILES string of the molecule is N#Cc1ccc(C(=O)NNC(=O)NCCCc2cccc(Br)c2)cc1. The molecule has 2 aromatic carbocycles. The van der Waals surface area contributed by atoms with Gasteiger partial charge in [-0.05, 0) is 54.8 Å². The van der Waals surface area contributed by atoms with Gasteiger partial charge in [0.2, 0.25) is 0 Å². The van der Waals surface area contributed by atoms with Crippen LogP contribution in [0.3, 0.4) is 0 Å². The maximum absolute atomic E-state index is 11.9. The lowest BCUT2D eigenvalue weighted by molar-refractivity contribution is 0.0936. The third-order valence-electron chi connectivity index (χ3n) is 3.38. The van der Waals surface area contributed by atoms with E-state index in [1.165, 1.54) is 29.8 Å². The van der Waals surface area contributed by atoms with Crippen molar-refractivity contribution in [3.05, 3.63) is 69.7 Å². The Morgan fingerprint density at radius 2 is 1.84 bits per heavy atom. The fraction of sp³-hybridized carbons (Fsp3) is 0.167. The highest BCUT2D eigenvalue weighted by atomic mass is 79.9. The molecule has 2 rings (SSSR count). The number of halogens is 1. The molecule has 25 heavy (non-hydrogen) atoms. The number of amides is 3. The Morgan fingerprint density at radius 1 is 1.08 bits per heavy atom. The zero-order valence-electron chi connectivity index (χ0n) is 13.4. The quantitative estimate of drug-likeness (QED) is 0.531. The van der Waals surface area contributed by atoms with E-state index in [0.717, 1.165) is 17.3 Å². The van der Waals surface area contributed by atoms with Crippen molar-refractivity contribution in [2.45, 2.75) is 12.8 Å². The molecule has 0 radical (unpaired) electrons. The number of nitrogens with zero attached hydrogens (tertiary/aromatic N) is 1. The second kappa shape index (κ2) is 9.45. The van der Waals surface area contributed by atoms with E-state index in [-0.39, 0.29) is 0 Å². The number of hydrogen-bond acceptors (Lipinski definition) is 3. The maximum atomic E-state index is 11.9. The first-order chi connectivity index (χ1) is 12.1. The molecule has 3 N–H and O–H groups in total. The number of nitrogens with one attached hydrogen (secondary N) is 3. The molecule has 6 nitrogen and oxygen atoms in total. The number of hydrogen-bond donors (Lipinski definition) is 3. The van der Waals surface area contributed by atoms with Crippen LogP contribution in [-0.2, 0) is 6.42 Å². The van der Waals surface area contributed by atoms with Crippen molar-refractivity contribution in [2.75, 3.05) is 6.54 Å². The van der Waals surface area contributed by atoms with Crippen LogP contribution in [0.4, 0.5) is 4.79 Å². The average Bonchev–Trinajstić information content (AvgIpc) is 2.63. The monoisotopic (exact) mass is 400 g/mol. The van der Waals surface area contributed by atoms with Gasteiger partial charge in [-0.25, -0.2) is 10.2 Å². The minimum absolute atomic E-state index is 0.356. The fourth-order valence-corrected chi connectivity index (χ4v) is 2.56. The van der Waals surface area contributed by atoms with Crippen molar-refractivity contribution >= 4 is 27.9 Å². The number of benzene rings is 2. The van der Waals surface area contributed by atoms with Gasteiger partial charge in [0.05, 0.1) is 11.6 Å². The van der Waals surface area contributed by atoms with Gasteiger partial charge in [0.25, 0.3) is 5.91 Å². The lowest BCUT2D eigenvalue weighted by Crippen LogP contribution is -2.47. The summed E-state index contributed by atoms with van der Waals surface area (Å²) < 4.78 is 1.03. The first-order valence-electron chi connectivity index (χ1n) is 7.67. The Labute approximate surface area is 154 Å². The van der Waals surface area contributed by atoms with Crippen LogP contribution in [0.15, 0.2) is 53.0 Å². The van der Waals surface area contributed by atoms with Gasteiger partial charge in [-0.3, -0.25) is 10.2 Å². The molecular weight excluding hydrogens is 384 g/mol. The van der Waals surface area contributed by atoms with Crippen LogP contribution in [-0.4, -0.2) is 18.5 Å². The van der Waals surface area contributed by atoms with Gasteiger partial charge in [-0.1, -0.05) is 28.1 Å². The van der Waals surface area contributed by atoms with Crippen LogP contribution in [0.5, 0.6) is 0 Å². The Morgan fingerprint density at radius 3 is 2.52 bits per heavy atom. The molecule has 128 valence electrons. The Hall–Kier alpha value is -2.85. The van der Waals surface area contributed by atoms with E-state index in [1.54, 1.807) is 0 Å². The molecule has 0 aliphatic carbocycles. The van der Waals surface area contributed by atoms with Crippen molar-refractivity contribution in [1.29, 1.82) is 5.26 Å². The largest absolute Gasteiger partial charge is 0.337 e. The van der Waals surface area contributed by atoms with Gasteiger partial charge in [-0.15, -0.1) is 0 Å². The normalized spacial score (nSPS) is 9.76. The molecule has 3 amide bonds. The van der Waals surface area contributed by atoms with Gasteiger partial charge in [0.15, 0.2) is 0 Å². The predicted octanol–water partition coefficient (Wildman–Crippen LogP) is 2.90. The number of nitriles is 1. The summed E-state index contributed by atoms with van der Waals surface area (Å²) in [6.45, 7) is 0.491. The van der Waals surface area contributed by atoms with Crippen molar-refractivity contribution in [3.8, 4) is 6.07 Å². The van der Waals surface area contributed by atoms with Crippen molar-refractivity contribution in [1.82, 2.24) is 16.2 Å². The van der Waals surface area contributed by atoms with E-state index in [0.29, 0.717) is 17.7 Å². The van der Waals surface area contributed by atoms with E-state index < -0.39 is 11.9 Å². The zero-order valence-corrected chi connectivity index (χ0v) is 15.0. The number of carbonyl (C=O) groups excluding carboxylic acids is 2. The molecular formula is C18H17BrN4O2. The maximum Gasteiger partial charge on any atom is 0.333 e. The molecule has 0 saturated heterocycles. The molecule has 0 unspecified atom stereocenters. The second-order valence-electron chi connectivity index (χ2n) is 5.26. The van der Waals surface area contributed by atoms with Crippen LogP contribution in [0, 0.1) is 11.3 Å². The summed E-state index contributed by atoms with van der Waals surface area (Å²) in [5, 5.41) is 11.4. The van der Waals surface area contributed by atoms with E-state index >= 15 is 0 Å². The first-order valence-corrected chi connectivity index (χ1v) is 8.46. The number of rotatable bonds is 5. The van der Waals surface area contributed by atoms with E-state index in [2.05, 4.69) is 32.1 Å². The molecule has 0 atom stereocenters. The first kappa shape index (κ1) is 18.5. The lowest BCUT2D eigenvalue weighted by atomic mass is 10.1. The minimum Gasteiger partial charge on any atom is -0.337 e. The highest BCUT2D eigenvalue weighted by Crippen LogP contribution is 2.12. The third kappa shape index (κ3) is 6.28. The average molecular weight is 401 g/mol. The van der Waals surface area contributed by atoms with E-state index in [1.807, 2.05) is 30.3 Å². The van der Waals surface area contributed by atoms with Crippen molar-refractivity contribution in [2.24, 2.45) is 0 Å².